The highest BCUT2D eigenvalue weighted by atomic mass is 35.5. The van der Waals surface area contributed by atoms with Gasteiger partial charge in [-0.2, -0.15) is 14.0 Å². The zero-order chi connectivity index (χ0) is 26.1. The van der Waals surface area contributed by atoms with Gasteiger partial charge in [0, 0.05) is 35.1 Å². The molecule has 1 aromatic heterocycles. The Bertz CT molecular complexity index is 1190. The Morgan fingerprint density at radius 1 is 1.11 bits per heavy atom. The summed E-state index contributed by atoms with van der Waals surface area (Å²) in [5, 5.41) is 0.466. The Kier molecular flexibility index (Phi) is 9.65. The van der Waals surface area contributed by atoms with Crippen LogP contribution < -0.4 is 21.3 Å². The fourth-order valence-electron chi connectivity index (χ4n) is 4.02. The summed E-state index contributed by atoms with van der Waals surface area (Å²) in [5.74, 6) is -2.08. The minimum Gasteiger partial charge on any atom is -0.490 e. The van der Waals surface area contributed by atoms with E-state index < -0.39 is 17.5 Å². The Hall–Kier alpha value is -3.18. The maximum absolute atomic E-state index is 14.7. The predicted molar refractivity (Wildman–Crippen MR) is 128 cm³/mol. The molecule has 2 aromatic carbocycles. The fourth-order valence-corrected chi connectivity index (χ4v) is 4.52. The van der Waals surface area contributed by atoms with E-state index >= 15 is 0 Å². The number of benzene rings is 2. The smallest absolute Gasteiger partial charge is 0.373 e. The summed E-state index contributed by atoms with van der Waals surface area (Å²) >= 11 is 6.87. The lowest BCUT2D eigenvalue weighted by Crippen LogP contribution is -2.39. The van der Waals surface area contributed by atoms with Gasteiger partial charge in [-0.25, -0.2) is 18.2 Å². The van der Waals surface area contributed by atoms with E-state index in [4.69, 9.17) is 31.7 Å². The average molecular weight is 542 g/mol. The molecule has 13 heteroatoms. The van der Waals surface area contributed by atoms with Crippen LogP contribution in [0.3, 0.4) is 0 Å². The monoisotopic (exact) mass is 541 g/mol. The highest BCUT2D eigenvalue weighted by Crippen LogP contribution is 2.40. The van der Waals surface area contributed by atoms with Gasteiger partial charge in [-0.15, -0.1) is 0 Å². The largest absolute Gasteiger partial charge is 0.490 e. The van der Waals surface area contributed by atoms with E-state index in [1.165, 1.54) is 18.5 Å². The first-order valence-electron chi connectivity index (χ1n) is 10.8. The molecule has 4 N–H and O–H groups in total. The maximum atomic E-state index is 14.7. The molecule has 0 unspecified atom stereocenters. The lowest BCUT2D eigenvalue weighted by molar-refractivity contribution is -0.191. The van der Waals surface area contributed by atoms with Gasteiger partial charge >= 0.3 is 6.15 Å². The van der Waals surface area contributed by atoms with E-state index in [-0.39, 0.29) is 40.7 Å². The van der Waals surface area contributed by atoms with E-state index in [0.29, 0.717) is 11.6 Å². The van der Waals surface area contributed by atoms with Crippen molar-refractivity contribution in [3.8, 4) is 5.75 Å². The third-order valence-corrected chi connectivity index (χ3v) is 6.76. The molecule has 0 spiro atoms. The van der Waals surface area contributed by atoms with E-state index in [1.807, 2.05) is 0 Å². The molecule has 0 radical (unpaired) electrons. The first-order chi connectivity index (χ1) is 17.2. The Morgan fingerprint density at radius 3 is 2.47 bits per heavy atom. The van der Waals surface area contributed by atoms with Gasteiger partial charge in [0.25, 0.3) is 0 Å². The van der Waals surface area contributed by atoms with Crippen LogP contribution in [0.2, 0.25) is 5.02 Å². The molecule has 36 heavy (non-hydrogen) atoms. The Labute approximate surface area is 214 Å². The van der Waals surface area contributed by atoms with E-state index in [9.17, 15) is 13.2 Å². The SMILES string of the molecule is NC1CCC(COc2cc(F)c(NNc3ncns3)cc2F)(Cc2ccc(Cl)c(F)c2)CC1.O=C=O. The summed E-state index contributed by atoms with van der Waals surface area (Å²) in [7, 11) is 0. The van der Waals surface area contributed by atoms with E-state index in [1.54, 1.807) is 6.07 Å². The van der Waals surface area contributed by atoms with Crippen LogP contribution in [0.15, 0.2) is 36.7 Å². The summed E-state index contributed by atoms with van der Waals surface area (Å²) in [6, 6.07) is 6.80. The number of ether oxygens (including phenoxy) is 1. The van der Waals surface area contributed by atoms with Crippen molar-refractivity contribution >= 4 is 40.1 Å². The lowest BCUT2D eigenvalue weighted by atomic mass is 9.69. The van der Waals surface area contributed by atoms with Crippen LogP contribution in [0.1, 0.15) is 31.2 Å². The van der Waals surface area contributed by atoms with Gasteiger partial charge in [-0.3, -0.25) is 10.9 Å². The Balaban J connectivity index is 0.00000115. The summed E-state index contributed by atoms with van der Waals surface area (Å²) in [6.07, 6.45) is 5.12. The fraction of sp³-hybridized carbons (Fsp3) is 0.348. The van der Waals surface area contributed by atoms with Crippen molar-refractivity contribution in [3.63, 3.8) is 0 Å². The van der Waals surface area contributed by atoms with Gasteiger partial charge in [0.2, 0.25) is 5.13 Å². The van der Waals surface area contributed by atoms with Crippen molar-refractivity contribution < 1.29 is 27.5 Å². The number of hydrogen-bond acceptors (Lipinski definition) is 9. The zero-order valence-corrected chi connectivity index (χ0v) is 20.5. The van der Waals surface area contributed by atoms with Crippen molar-refractivity contribution in [1.29, 1.82) is 0 Å². The quantitative estimate of drug-likeness (QED) is 0.342. The molecule has 3 aromatic rings. The number of aromatic nitrogens is 2. The molecule has 1 heterocycles. The number of rotatable bonds is 8. The van der Waals surface area contributed by atoms with Crippen LogP contribution in [0, 0.1) is 22.9 Å². The Morgan fingerprint density at radius 2 is 1.83 bits per heavy atom. The highest BCUT2D eigenvalue weighted by Gasteiger charge is 2.36. The maximum Gasteiger partial charge on any atom is 0.373 e. The molecule has 8 nitrogen and oxygen atoms in total. The molecule has 1 aliphatic carbocycles. The molecule has 1 fully saturated rings. The number of carbonyl (C=O) groups excluding carboxylic acids is 2. The van der Waals surface area contributed by atoms with E-state index in [0.717, 1.165) is 54.9 Å². The van der Waals surface area contributed by atoms with Gasteiger partial charge in [-0.05, 0) is 49.8 Å². The standard InChI is InChI=1S/C22H23ClF3N5OS.CO2/c23-15-2-1-13(7-16(15)24)10-22(5-3-14(27)4-6-22)11-32-20-9-17(25)19(8-18(20)26)30-31-21-28-12-29-33-21;2-1-3/h1-2,7-9,12,14,30H,3-6,10-11,27H2,(H,28,29,31);. The normalized spacial score (nSPS) is 19.0. The second-order valence-corrected chi connectivity index (χ2v) is 9.58. The minimum absolute atomic E-state index is 0.0570. The van der Waals surface area contributed by atoms with Crippen molar-refractivity contribution in [2.75, 3.05) is 17.5 Å². The highest BCUT2D eigenvalue weighted by molar-refractivity contribution is 7.09. The molecule has 4 rings (SSSR count). The molecule has 0 aliphatic heterocycles. The summed E-state index contributed by atoms with van der Waals surface area (Å²) in [4.78, 5) is 20.1. The molecule has 0 amide bonds. The molecular formula is C23H23ClF3N5O3S. The molecule has 0 atom stereocenters. The van der Waals surface area contributed by atoms with Crippen LogP contribution in [0.4, 0.5) is 24.0 Å². The molecule has 1 saturated carbocycles. The molecule has 0 bridgehead atoms. The number of halogens is 4. The van der Waals surface area contributed by atoms with Gasteiger partial charge < -0.3 is 10.5 Å². The first kappa shape index (κ1) is 27.4. The number of nitrogens with one attached hydrogen (secondary N) is 2. The third kappa shape index (κ3) is 7.41. The van der Waals surface area contributed by atoms with Gasteiger partial charge in [0.05, 0.1) is 17.3 Å². The first-order valence-corrected chi connectivity index (χ1v) is 12.0. The van der Waals surface area contributed by atoms with Crippen LogP contribution >= 0.6 is 23.1 Å². The van der Waals surface area contributed by atoms with Crippen molar-refractivity contribution in [2.45, 2.75) is 38.1 Å². The summed E-state index contributed by atoms with van der Waals surface area (Å²) in [6.45, 7) is 0.149. The van der Waals surface area contributed by atoms with Crippen molar-refractivity contribution in [3.05, 3.63) is 64.7 Å². The molecular weight excluding hydrogens is 519 g/mol. The predicted octanol–water partition coefficient (Wildman–Crippen LogP) is 4.97. The second kappa shape index (κ2) is 12.7. The van der Waals surface area contributed by atoms with Gasteiger partial charge in [-0.1, -0.05) is 17.7 Å². The van der Waals surface area contributed by atoms with Gasteiger partial charge in [0.15, 0.2) is 17.4 Å². The van der Waals surface area contributed by atoms with Crippen LogP contribution in [0.25, 0.3) is 0 Å². The molecule has 192 valence electrons. The topological polar surface area (TPSA) is 119 Å². The van der Waals surface area contributed by atoms with Crippen molar-refractivity contribution in [2.24, 2.45) is 11.1 Å². The van der Waals surface area contributed by atoms with Gasteiger partial charge in [0.1, 0.15) is 12.1 Å². The average Bonchev–Trinajstić information content (AvgIpc) is 3.37. The zero-order valence-electron chi connectivity index (χ0n) is 18.9. The van der Waals surface area contributed by atoms with Crippen LogP contribution in [0.5, 0.6) is 5.75 Å². The number of hydrogen-bond donors (Lipinski definition) is 3. The number of nitrogens with two attached hydrogens (primary N) is 1. The molecule has 0 saturated heterocycles. The second-order valence-electron chi connectivity index (χ2n) is 8.39. The number of nitrogens with zero attached hydrogens (tertiary/aromatic N) is 2. The van der Waals surface area contributed by atoms with Crippen LogP contribution in [-0.2, 0) is 16.0 Å². The molecule has 1 aliphatic rings. The lowest BCUT2D eigenvalue weighted by Gasteiger charge is -2.39. The van der Waals surface area contributed by atoms with Crippen LogP contribution in [-0.4, -0.2) is 28.2 Å². The summed E-state index contributed by atoms with van der Waals surface area (Å²) in [5.41, 5.74) is 11.6. The summed E-state index contributed by atoms with van der Waals surface area (Å²) < 4.78 is 52.8. The minimum atomic E-state index is -0.710. The van der Waals surface area contributed by atoms with Crippen molar-refractivity contribution in [1.82, 2.24) is 9.36 Å². The third-order valence-electron chi connectivity index (χ3n) is 5.87. The number of hydrazine groups is 1. The number of anilines is 2. The van der Waals surface area contributed by atoms with E-state index in [2.05, 4.69) is 20.2 Å².